The van der Waals surface area contributed by atoms with Gasteiger partial charge in [0.05, 0.1) is 12.5 Å². The van der Waals surface area contributed by atoms with Crippen molar-refractivity contribution in [3.05, 3.63) is 33.8 Å². The van der Waals surface area contributed by atoms with Crippen LogP contribution in [0.15, 0.2) is 22.7 Å². The lowest BCUT2D eigenvalue weighted by molar-refractivity contribution is -0.137. The van der Waals surface area contributed by atoms with Crippen molar-refractivity contribution in [3.8, 4) is 0 Å². The minimum absolute atomic E-state index is 0.131. The summed E-state index contributed by atoms with van der Waals surface area (Å²) in [4.78, 5) is 21.0. The van der Waals surface area contributed by atoms with Gasteiger partial charge in [-0.3, -0.25) is 9.59 Å². The molecule has 0 aliphatic heterocycles. The molecule has 0 heterocycles. The molecule has 0 aliphatic rings. The second-order valence-corrected chi connectivity index (χ2v) is 4.30. The fourth-order valence-electron chi connectivity index (χ4n) is 1.36. The van der Waals surface area contributed by atoms with Crippen LogP contribution in [0.3, 0.4) is 0 Å². The quantitative estimate of drug-likeness (QED) is 0.814. The molecule has 86 valence electrons. The molecule has 1 aromatic carbocycles. The fraction of sp³-hybridized carbons (Fsp3) is 0.273. The molecular weight excluding hydrogens is 274 g/mol. The lowest BCUT2D eigenvalue weighted by Gasteiger charge is -2.15. The first-order valence-corrected chi connectivity index (χ1v) is 5.51. The SMILES string of the molecule is Cc1ccc([C@@H](CC(=O)O)NC=O)cc1Br. The van der Waals surface area contributed by atoms with E-state index >= 15 is 0 Å². The molecule has 0 fully saturated rings. The topological polar surface area (TPSA) is 66.4 Å². The van der Waals surface area contributed by atoms with Crippen LogP contribution in [0.1, 0.15) is 23.6 Å². The van der Waals surface area contributed by atoms with Gasteiger partial charge in [-0.2, -0.15) is 0 Å². The number of aliphatic carboxylic acids is 1. The number of amides is 1. The lowest BCUT2D eigenvalue weighted by Crippen LogP contribution is -2.22. The van der Waals surface area contributed by atoms with E-state index < -0.39 is 12.0 Å². The van der Waals surface area contributed by atoms with Crippen LogP contribution >= 0.6 is 15.9 Å². The summed E-state index contributed by atoms with van der Waals surface area (Å²) in [5.74, 6) is -0.948. The van der Waals surface area contributed by atoms with Gasteiger partial charge in [0.2, 0.25) is 6.41 Å². The lowest BCUT2D eigenvalue weighted by atomic mass is 10.0. The van der Waals surface area contributed by atoms with E-state index in [0.29, 0.717) is 6.41 Å². The summed E-state index contributed by atoms with van der Waals surface area (Å²) in [5, 5.41) is 11.2. The Morgan fingerprint density at radius 1 is 1.62 bits per heavy atom. The highest BCUT2D eigenvalue weighted by Crippen LogP contribution is 2.23. The van der Waals surface area contributed by atoms with Gasteiger partial charge in [-0.25, -0.2) is 0 Å². The first kappa shape index (κ1) is 12.7. The molecular formula is C11H12BrNO3. The molecule has 1 atom stereocenters. The van der Waals surface area contributed by atoms with E-state index in [0.717, 1.165) is 15.6 Å². The predicted octanol–water partition coefficient (Wildman–Crippen LogP) is 2.02. The van der Waals surface area contributed by atoms with Gasteiger partial charge in [0.15, 0.2) is 0 Å². The monoisotopic (exact) mass is 285 g/mol. The molecule has 0 spiro atoms. The van der Waals surface area contributed by atoms with Crippen LogP contribution in [0.2, 0.25) is 0 Å². The summed E-state index contributed by atoms with van der Waals surface area (Å²) in [5.41, 5.74) is 1.83. The highest BCUT2D eigenvalue weighted by atomic mass is 79.9. The number of aryl methyl sites for hydroxylation is 1. The van der Waals surface area contributed by atoms with Gasteiger partial charge < -0.3 is 10.4 Å². The Bertz CT molecular complexity index is 406. The normalized spacial score (nSPS) is 11.9. The molecule has 2 N–H and O–H groups in total. The van der Waals surface area contributed by atoms with Crippen LogP contribution in [-0.2, 0) is 9.59 Å². The number of hydrogen-bond acceptors (Lipinski definition) is 2. The van der Waals surface area contributed by atoms with Gasteiger partial charge in [-0.15, -0.1) is 0 Å². The van der Waals surface area contributed by atoms with Crippen LogP contribution in [-0.4, -0.2) is 17.5 Å². The van der Waals surface area contributed by atoms with Crippen molar-refractivity contribution in [1.29, 1.82) is 0 Å². The Hall–Kier alpha value is -1.36. The summed E-state index contributed by atoms with van der Waals surface area (Å²) in [6, 6.07) is 5.01. The largest absolute Gasteiger partial charge is 0.481 e. The molecule has 4 nitrogen and oxygen atoms in total. The molecule has 0 saturated carbocycles. The summed E-state index contributed by atoms with van der Waals surface area (Å²) in [7, 11) is 0. The van der Waals surface area contributed by atoms with Gasteiger partial charge in [-0.05, 0) is 24.1 Å². The third-order valence-corrected chi connectivity index (χ3v) is 3.10. The van der Waals surface area contributed by atoms with Crippen molar-refractivity contribution < 1.29 is 14.7 Å². The summed E-state index contributed by atoms with van der Waals surface area (Å²) < 4.78 is 0.896. The third-order valence-electron chi connectivity index (χ3n) is 2.25. The van der Waals surface area contributed by atoms with Crippen molar-refractivity contribution >= 4 is 28.3 Å². The smallest absolute Gasteiger partial charge is 0.305 e. The molecule has 0 saturated heterocycles. The summed E-state index contributed by atoms with van der Waals surface area (Å²) >= 11 is 3.37. The first-order chi connectivity index (χ1) is 7.54. The molecule has 0 aromatic heterocycles. The number of carboxylic acids is 1. The average Bonchev–Trinajstić information content (AvgIpc) is 2.21. The minimum atomic E-state index is -0.948. The Balaban J connectivity index is 2.95. The Kier molecular flexibility index (Phi) is 4.49. The van der Waals surface area contributed by atoms with Crippen LogP contribution in [0.5, 0.6) is 0 Å². The van der Waals surface area contributed by atoms with Crippen molar-refractivity contribution in [1.82, 2.24) is 5.32 Å². The van der Waals surface area contributed by atoms with Crippen LogP contribution in [0.25, 0.3) is 0 Å². The molecule has 0 unspecified atom stereocenters. The zero-order valence-corrected chi connectivity index (χ0v) is 10.3. The van der Waals surface area contributed by atoms with Crippen molar-refractivity contribution in [2.24, 2.45) is 0 Å². The van der Waals surface area contributed by atoms with E-state index in [9.17, 15) is 9.59 Å². The van der Waals surface area contributed by atoms with Crippen molar-refractivity contribution in [2.45, 2.75) is 19.4 Å². The van der Waals surface area contributed by atoms with E-state index in [1.54, 1.807) is 0 Å². The average molecular weight is 286 g/mol. The Labute approximate surface area is 102 Å². The number of carbonyl (C=O) groups is 2. The number of nitrogens with one attached hydrogen (secondary N) is 1. The predicted molar refractivity (Wildman–Crippen MR) is 63.1 cm³/mol. The first-order valence-electron chi connectivity index (χ1n) is 4.72. The number of carbonyl (C=O) groups excluding carboxylic acids is 1. The number of benzene rings is 1. The Morgan fingerprint density at radius 2 is 2.31 bits per heavy atom. The standard InChI is InChI=1S/C11H12BrNO3/c1-7-2-3-8(4-9(7)12)10(13-6-14)5-11(15)16/h2-4,6,10H,5H2,1H3,(H,13,14)(H,15,16)/t10-/m1/s1. The molecule has 0 bridgehead atoms. The van der Waals surface area contributed by atoms with Crippen molar-refractivity contribution in [2.75, 3.05) is 0 Å². The van der Waals surface area contributed by atoms with E-state index in [-0.39, 0.29) is 6.42 Å². The highest BCUT2D eigenvalue weighted by molar-refractivity contribution is 9.10. The van der Waals surface area contributed by atoms with E-state index in [1.807, 2.05) is 25.1 Å². The third kappa shape index (κ3) is 3.34. The second-order valence-electron chi connectivity index (χ2n) is 3.44. The second kappa shape index (κ2) is 5.65. The van der Waals surface area contributed by atoms with E-state index in [1.165, 1.54) is 0 Å². The van der Waals surface area contributed by atoms with Gasteiger partial charge >= 0.3 is 5.97 Å². The Morgan fingerprint density at radius 3 is 2.81 bits per heavy atom. The molecule has 1 rings (SSSR count). The van der Waals surface area contributed by atoms with Gasteiger partial charge in [-0.1, -0.05) is 28.1 Å². The zero-order chi connectivity index (χ0) is 12.1. The fourth-order valence-corrected chi connectivity index (χ4v) is 1.75. The van der Waals surface area contributed by atoms with Crippen LogP contribution < -0.4 is 5.32 Å². The number of halogens is 1. The number of rotatable bonds is 5. The van der Waals surface area contributed by atoms with Crippen molar-refractivity contribution in [3.63, 3.8) is 0 Å². The van der Waals surface area contributed by atoms with E-state index in [2.05, 4.69) is 21.2 Å². The van der Waals surface area contributed by atoms with Gasteiger partial charge in [0.1, 0.15) is 0 Å². The molecule has 5 heteroatoms. The zero-order valence-electron chi connectivity index (χ0n) is 8.74. The maximum absolute atomic E-state index is 10.6. The minimum Gasteiger partial charge on any atom is -0.481 e. The molecule has 0 radical (unpaired) electrons. The van der Waals surface area contributed by atoms with E-state index in [4.69, 9.17) is 5.11 Å². The number of hydrogen-bond donors (Lipinski definition) is 2. The van der Waals surface area contributed by atoms with Crippen LogP contribution in [0.4, 0.5) is 0 Å². The number of carboxylic acid groups (broad SMARTS) is 1. The van der Waals surface area contributed by atoms with Gasteiger partial charge in [0, 0.05) is 4.47 Å². The summed E-state index contributed by atoms with van der Waals surface area (Å²) in [6.07, 6.45) is 0.385. The highest BCUT2D eigenvalue weighted by Gasteiger charge is 2.15. The van der Waals surface area contributed by atoms with Crippen LogP contribution in [0, 0.1) is 6.92 Å². The summed E-state index contributed by atoms with van der Waals surface area (Å²) in [6.45, 7) is 1.94. The molecule has 1 amide bonds. The molecule has 1 aromatic rings. The molecule has 16 heavy (non-hydrogen) atoms. The maximum atomic E-state index is 10.6. The van der Waals surface area contributed by atoms with Gasteiger partial charge in [0.25, 0.3) is 0 Å². The molecule has 0 aliphatic carbocycles. The maximum Gasteiger partial charge on any atom is 0.305 e.